The van der Waals surface area contributed by atoms with Crippen LogP contribution in [-0.2, 0) is 6.54 Å². The lowest BCUT2D eigenvalue weighted by atomic mass is 9.83. The molecule has 1 aliphatic rings. The van der Waals surface area contributed by atoms with Gasteiger partial charge in [0.1, 0.15) is 0 Å². The maximum absolute atomic E-state index is 9.52. The SMILES string of the molecule is C[C@@]1(CO)CCCN(Cc2cc3ccccc3s2)C1. The second-order valence-electron chi connectivity index (χ2n) is 6.03. The van der Waals surface area contributed by atoms with Crippen LogP contribution in [0.15, 0.2) is 30.3 Å². The molecule has 0 unspecified atom stereocenters. The van der Waals surface area contributed by atoms with Crippen molar-refractivity contribution >= 4 is 21.4 Å². The first kappa shape index (κ1) is 13.1. The van der Waals surface area contributed by atoms with Gasteiger partial charge in [-0.15, -0.1) is 11.3 Å². The number of fused-ring (bicyclic) bond motifs is 1. The molecule has 0 saturated carbocycles. The van der Waals surface area contributed by atoms with Gasteiger partial charge in [-0.2, -0.15) is 0 Å². The van der Waals surface area contributed by atoms with Crippen LogP contribution < -0.4 is 0 Å². The van der Waals surface area contributed by atoms with Crippen molar-refractivity contribution in [2.45, 2.75) is 26.3 Å². The lowest BCUT2D eigenvalue weighted by molar-refractivity contribution is 0.0434. The third-order valence-corrected chi connectivity index (χ3v) is 5.20. The first-order valence-corrected chi connectivity index (χ1v) is 7.81. The van der Waals surface area contributed by atoms with Crippen molar-refractivity contribution in [2.24, 2.45) is 5.41 Å². The minimum absolute atomic E-state index is 0.0922. The Balaban J connectivity index is 1.74. The fourth-order valence-electron chi connectivity index (χ4n) is 3.03. The Morgan fingerprint density at radius 1 is 1.37 bits per heavy atom. The van der Waals surface area contributed by atoms with Crippen molar-refractivity contribution in [3.05, 3.63) is 35.2 Å². The number of aliphatic hydroxyl groups is 1. The van der Waals surface area contributed by atoms with Gasteiger partial charge in [0.2, 0.25) is 0 Å². The number of nitrogens with zero attached hydrogens (tertiary/aromatic N) is 1. The van der Waals surface area contributed by atoms with E-state index in [-0.39, 0.29) is 5.41 Å². The first-order valence-electron chi connectivity index (χ1n) is 6.99. The highest BCUT2D eigenvalue weighted by Crippen LogP contribution is 2.31. The molecule has 1 atom stereocenters. The topological polar surface area (TPSA) is 23.5 Å². The molecule has 1 aliphatic heterocycles. The van der Waals surface area contributed by atoms with Crippen molar-refractivity contribution in [1.29, 1.82) is 0 Å². The van der Waals surface area contributed by atoms with Crippen LogP contribution in [0.4, 0.5) is 0 Å². The number of likely N-dealkylation sites (tertiary alicyclic amines) is 1. The Labute approximate surface area is 118 Å². The van der Waals surface area contributed by atoms with Gasteiger partial charge in [-0.05, 0) is 36.9 Å². The molecule has 1 N–H and O–H groups in total. The molecule has 2 aromatic rings. The maximum Gasteiger partial charge on any atom is 0.0497 e. The van der Waals surface area contributed by atoms with E-state index in [1.807, 2.05) is 11.3 Å². The molecule has 0 aliphatic carbocycles. The molecule has 1 aromatic heterocycles. The predicted molar refractivity (Wildman–Crippen MR) is 81.5 cm³/mol. The summed E-state index contributed by atoms with van der Waals surface area (Å²) in [4.78, 5) is 3.92. The predicted octanol–water partition coefficient (Wildman–Crippen LogP) is 3.50. The summed E-state index contributed by atoms with van der Waals surface area (Å²) in [6.45, 7) is 5.69. The summed E-state index contributed by atoms with van der Waals surface area (Å²) < 4.78 is 1.37. The second kappa shape index (κ2) is 5.23. The monoisotopic (exact) mass is 275 g/mol. The molecule has 0 radical (unpaired) electrons. The fourth-order valence-corrected chi connectivity index (χ4v) is 4.13. The molecule has 102 valence electrons. The van der Waals surface area contributed by atoms with Crippen LogP contribution in [-0.4, -0.2) is 29.7 Å². The summed E-state index contributed by atoms with van der Waals surface area (Å²) >= 11 is 1.89. The van der Waals surface area contributed by atoms with E-state index in [1.165, 1.54) is 21.4 Å². The summed E-state index contributed by atoms with van der Waals surface area (Å²) in [5.74, 6) is 0. The minimum Gasteiger partial charge on any atom is -0.396 e. The average Bonchev–Trinajstić information content (AvgIpc) is 2.81. The van der Waals surface area contributed by atoms with E-state index in [1.54, 1.807) is 0 Å². The molecule has 1 fully saturated rings. The smallest absolute Gasteiger partial charge is 0.0497 e. The van der Waals surface area contributed by atoms with Crippen LogP contribution >= 0.6 is 11.3 Å². The van der Waals surface area contributed by atoms with Gasteiger partial charge in [-0.25, -0.2) is 0 Å². The standard InChI is InChI=1S/C16H21NOS/c1-16(12-18)7-4-8-17(11-16)10-14-9-13-5-2-3-6-15(13)19-14/h2-3,5-6,9,18H,4,7-8,10-12H2,1H3/t16-/m1/s1. The quantitative estimate of drug-likeness (QED) is 0.927. The average molecular weight is 275 g/mol. The number of rotatable bonds is 3. The van der Waals surface area contributed by atoms with E-state index in [4.69, 9.17) is 0 Å². The van der Waals surface area contributed by atoms with Crippen LogP contribution in [0.1, 0.15) is 24.6 Å². The third kappa shape index (κ3) is 2.83. The van der Waals surface area contributed by atoms with Crippen LogP contribution in [0.25, 0.3) is 10.1 Å². The summed E-state index contributed by atoms with van der Waals surface area (Å²) in [5, 5.41) is 10.9. The van der Waals surface area contributed by atoms with Gasteiger partial charge in [0.25, 0.3) is 0 Å². The van der Waals surface area contributed by atoms with Gasteiger partial charge in [0, 0.05) is 34.7 Å². The molecule has 19 heavy (non-hydrogen) atoms. The number of hydrogen-bond donors (Lipinski definition) is 1. The van der Waals surface area contributed by atoms with E-state index in [0.717, 1.165) is 26.1 Å². The number of aliphatic hydroxyl groups excluding tert-OH is 1. The van der Waals surface area contributed by atoms with Crippen molar-refractivity contribution in [3.63, 3.8) is 0 Å². The van der Waals surface area contributed by atoms with E-state index < -0.39 is 0 Å². The van der Waals surface area contributed by atoms with Crippen molar-refractivity contribution < 1.29 is 5.11 Å². The van der Waals surface area contributed by atoms with Crippen LogP contribution in [0, 0.1) is 5.41 Å². The molecule has 1 aromatic carbocycles. The number of benzene rings is 1. The van der Waals surface area contributed by atoms with Crippen LogP contribution in [0.5, 0.6) is 0 Å². The molecule has 0 bridgehead atoms. The highest BCUT2D eigenvalue weighted by Gasteiger charge is 2.30. The van der Waals surface area contributed by atoms with E-state index in [2.05, 4.69) is 42.2 Å². The maximum atomic E-state index is 9.52. The zero-order valence-electron chi connectivity index (χ0n) is 11.4. The molecular formula is C16H21NOS. The van der Waals surface area contributed by atoms with Crippen molar-refractivity contribution in [3.8, 4) is 0 Å². The summed E-state index contributed by atoms with van der Waals surface area (Å²) in [6.07, 6.45) is 2.34. The fraction of sp³-hybridized carbons (Fsp3) is 0.500. The zero-order valence-corrected chi connectivity index (χ0v) is 12.2. The Morgan fingerprint density at radius 2 is 2.21 bits per heavy atom. The number of thiophene rings is 1. The van der Waals surface area contributed by atoms with Crippen molar-refractivity contribution in [1.82, 2.24) is 4.90 Å². The van der Waals surface area contributed by atoms with Gasteiger partial charge in [0.05, 0.1) is 0 Å². The van der Waals surface area contributed by atoms with E-state index >= 15 is 0 Å². The highest BCUT2D eigenvalue weighted by atomic mass is 32.1. The normalized spacial score (nSPS) is 24.9. The van der Waals surface area contributed by atoms with Crippen molar-refractivity contribution in [2.75, 3.05) is 19.7 Å². The first-order chi connectivity index (χ1) is 9.18. The Hall–Kier alpha value is -0.900. The lowest BCUT2D eigenvalue weighted by Crippen LogP contribution is -2.42. The summed E-state index contributed by atoms with van der Waals surface area (Å²) in [6, 6.07) is 10.9. The molecule has 3 rings (SSSR count). The largest absolute Gasteiger partial charge is 0.396 e. The van der Waals surface area contributed by atoms with E-state index in [0.29, 0.717) is 6.61 Å². The molecule has 1 saturated heterocycles. The van der Waals surface area contributed by atoms with Gasteiger partial charge in [-0.3, -0.25) is 4.90 Å². The number of hydrogen-bond acceptors (Lipinski definition) is 3. The zero-order chi connectivity index (χ0) is 13.3. The van der Waals surface area contributed by atoms with Crippen LogP contribution in [0.3, 0.4) is 0 Å². The van der Waals surface area contributed by atoms with Gasteiger partial charge in [-0.1, -0.05) is 25.1 Å². The lowest BCUT2D eigenvalue weighted by Gasteiger charge is -2.39. The molecule has 3 heteroatoms. The Morgan fingerprint density at radius 3 is 3.00 bits per heavy atom. The van der Waals surface area contributed by atoms with Gasteiger partial charge in [0.15, 0.2) is 0 Å². The minimum atomic E-state index is 0.0922. The molecular weight excluding hydrogens is 254 g/mol. The second-order valence-corrected chi connectivity index (χ2v) is 7.20. The van der Waals surface area contributed by atoms with Gasteiger partial charge < -0.3 is 5.11 Å². The molecule has 0 spiro atoms. The van der Waals surface area contributed by atoms with Crippen LogP contribution in [0.2, 0.25) is 0 Å². The molecule has 0 amide bonds. The molecule has 2 nitrogen and oxygen atoms in total. The molecule has 2 heterocycles. The Bertz CT molecular complexity index is 532. The highest BCUT2D eigenvalue weighted by molar-refractivity contribution is 7.19. The van der Waals surface area contributed by atoms with Gasteiger partial charge >= 0.3 is 0 Å². The van der Waals surface area contributed by atoms with E-state index in [9.17, 15) is 5.11 Å². The third-order valence-electron chi connectivity index (χ3n) is 4.10. The summed E-state index contributed by atoms with van der Waals surface area (Å²) in [7, 11) is 0. The number of piperidine rings is 1. The summed E-state index contributed by atoms with van der Waals surface area (Å²) in [5.41, 5.74) is 0.0922. The Kier molecular flexibility index (Phi) is 3.61.